The fourth-order valence-corrected chi connectivity index (χ4v) is 2.71. The lowest BCUT2D eigenvalue weighted by atomic mass is 10.0. The minimum absolute atomic E-state index is 0.101. The van der Waals surface area contributed by atoms with Gasteiger partial charge in [-0.1, -0.05) is 0 Å². The van der Waals surface area contributed by atoms with Gasteiger partial charge < -0.3 is 15.2 Å². The zero-order chi connectivity index (χ0) is 12.5. The second-order valence-corrected chi connectivity index (χ2v) is 5.22. The summed E-state index contributed by atoms with van der Waals surface area (Å²) in [5.41, 5.74) is 2.11. The largest absolute Gasteiger partial charge is 0.351 e. The summed E-state index contributed by atoms with van der Waals surface area (Å²) in [5, 5.41) is 6.37. The van der Waals surface area contributed by atoms with Gasteiger partial charge >= 0.3 is 0 Å². The van der Waals surface area contributed by atoms with Crippen LogP contribution in [-0.4, -0.2) is 53.0 Å². The van der Waals surface area contributed by atoms with Gasteiger partial charge in [0.15, 0.2) is 0 Å². The van der Waals surface area contributed by atoms with Gasteiger partial charge in [-0.05, 0) is 20.0 Å². The van der Waals surface area contributed by atoms with E-state index in [9.17, 15) is 4.79 Å². The van der Waals surface area contributed by atoms with Crippen molar-refractivity contribution in [2.24, 2.45) is 0 Å². The molecule has 6 heteroatoms. The maximum atomic E-state index is 12.2. The minimum atomic E-state index is -0.147. The monoisotopic (exact) mass is 249 g/mol. The maximum absolute atomic E-state index is 12.2. The number of aromatic nitrogens is 2. The molecule has 0 bridgehead atoms. The van der Waals surface area contributed by atoms with Crippen molar-refractivity contribution in [3.8, 4) is 0 Å². The summed E-state index contributed by atoms with van der Waals surface area (Å²) in [6.07, 6.45) is 3.41. The third-order valence-electron chi connectivity index (χ3n) is 3.78. The molecule has 0 saturated carbocycles. The molecule has 2 unspecified atom stereocenters. The molecule has 1 fully saturated rings. The first-order valence-corrected chi connectivity index (χ1v) is 6.46. The molecular formula is C12H19N5O. The van der Waals surface area contributed by atoms with Crippen LogP contribution < -0.4 is 10.6 Å². The number of fused-ring (bicyclic) bond motifs is 1. The Balaban J connectivity index is 1.58. The van der Waals surface area contributed by atoms with Crippen LogP contribution in [0, 0.1) is 0 Å². The third-order valence-corrected chi connectivity index (χ3v) is 3.78. The number of carbonyl (C=O) groups excluding carboxylic acids is 1. The van der Waals surface area contributed by atoms with E-state index in [2.05, 4.69) is 32.5 Å². The van der Waals surface area contributed by atoms with Crippen LogP contribution in [0.5, 0.6) is 0 Å². The van der Waals surface area contributed by atoms with Crippen molar-refractivity contribution in [1.29, 1.82) is 0 Å². The second kappa shape index (κ2) is 4.70. The molecule has 0 aromatic carbocycles. The van der Waals surface area contributed by atoms with Crippen LogP contribution in [0.3, 0.4) is 0 Å². The van der Waals surface area contributed by atoms with Crippen molar-refractivity contribution in [3.05, 3.63) is 17.7 Å². The molecule has 3 N–H and O–H groups in total. The van der Waals surface area contributed by atoms with Crippen molar-refractivity contribution in [3.63, 3.8) is 0 Å². The number of aromatic amines is 1. The highest BCUT2D eigenvalue weighted by atomic mass is 16.2. The van der Waals surface area contributed by atoms with E-state index in [4.69, 9.17) is 0 Å². The van der Waals surface area contributed by atoms with Crippen molar-refractivity contribution in [2.45, 2.75) is 31.5 Å². The smallest absolute Gasteiger partial charge is 0.237 e. The molecule has 1 aromatic rings. The quantitative estimate of drug-likeness (QED) is 0.644. The van der Waals surface area contributed by atoms with E-state index < -0.39 is 0 Å². The summed E-state index contributed by atoms with van der Waals surface area (Å²) in [4.78, 5) is 21.7. The summed E-state index contributed by atoms with van der Waals surface area (Å²) >= 11 is 0. The predicted octanol–water partition coefficient (Wildman–Crippen LogP) is -0.756. The predicted molar refractivity (Wildman–Crippen MR) is 67.0 cm³/mol. The van der Waals surface area contributed by atoms with Crippen LogP contribution in [-0.2, 0) is 17.8 Å². The molecular weight excluding hydrogens is 230 g/mol. The van der Waals surface area contributed by atoms with Crippen LogP contribution in [0.1, 0.15) is 17.8 Å². The summed E-state index contributed by atoms with van der Waals surface area (Å²) in [6, 6.07) is 0.150. The Hall–Kier alpha value is -1.40. The van der Waals surface area contributed by atoms with E-state index in [0.29, 0.717) is 19.0 Å². The zero-order valence-corrected chi connectivity index (χ0v) is 10.6. The van der Waals surface area contributed by atoms with Crippen LogP contribution >= 0.6 is 0 Å². The van der Waals surface area contributed by atoms with E-state index in [-0.39, 0.29) is 11.9 Å². The number of carbonyl (C=O) groups is 1. The van der Waals surface area contributed by atoms with Crippen LogP contribution in [0.2, 0.25) is 0 Å². The van der Waals surface area contributed by atoms with E-state index in [0.717, 1.165) is 30.9 Å². The first-order chi connectivity index (χ1) is 8.72. The van der Waals surface area contributed by atoms with Crippen molar-refractivity contribution in [1.82, 2.24) is 25.5 Å². The SMILES string of the molecule is CN1CCC(NC(=O)C2Cc3nc[nH]c3CN2)C1. The van der Waals surface area contributed by atoms with E-state index in [1.807, 2.05) is 0 Å². The number of likely N-dealkylation sites (tertiary alicyclic amines) is 1. The highest BCUT2D eigenvalue weighted by Crippen LogP contribution is 2.13. The molecule has 0 spiro atoms. The number of nitrogens with zero attached hydrogens (tertiary/aromatic N) is 2. The molecule has 1 amide bonds. The standard InChI is InChI=1S/C12H19N5O/c1-17-3-2-8(6-17)16-12(18)10-4-9-11(5-13-10)15-7-14-9/h7-8,10,13H,2-6H2,1H3,(H,14,15)(H,16,18). The van der Waals surface area contributed by atoms with E-state index >= 15 is 0 Å². The maximum Gasteiger partial charge on any atom is 0.237 e. The highest BCUT2D eigenvalue weighted by molar-refractivity contribution is 5.82. The number of hydrogen-bond acceptors (Lipinski definition) is 4. The lowest BCUT2D eigenvalue weighted by molar-refractivity contribution is -0.124. The Kier molecular flexibility index (Phi) is 3.05. The summed E-state index contributed by atoms with van der Waals surface area (Å²) in [7, 11) is 2.08. The van der Waals surface area contributed by atoms with Gasteiger partial charge in [0, 0.05) is 25.6 Å². The minimum Gasteiger partial charge on any atom is -0.351 e. The number of rotatable bonds is 2. The van der Waals surface area contributed by atoms with Gasteiger partial charge in [-0.3, -0.25) is 10.1 Å². The second-order valence-electron chi connectivity index (χ2n) is 5.22. The Labute approximate surface area is 106 Å². The summed E-state index contributed by atoms with van der Waals surface area (Å²) in [5.74, 6) is 0.101. The molecule has 3 heterocycles. The molecule has 0 radical (unpaired) electrons. The van der Waals surface area contributed by atoms with Gasteiger partial charge in [-0.25, -0.2) is 4.98 Å². The van der Waals surface area contributed by atoms with E-state index in [1.54, 1.807) is 6.33 Å². The zero-order valence-electron chi connectivity index (χ0n) is 10.6. The Morgan fingerprint density at radius 1 is 1.61 bits per heavy atom. The number of imidazole rings is 1. The average Bonchev–Trinajstić information content (AvgIpc) is 2.96. The van der Waals surface area contributed by atoms with Gasteiger partial charge in [0.2, 0.25) is 5.91 Å². The van der Waals surface area contributed by atoms with Gasteiger partial charge in [0.05, 0.1) is 23.8 Å². The number of H-pyrrole nitrogens is 1. The molecule has 0 aliphatic carbocycles. The fraction of sp³-hybridized carbons (Fsp3) is 0.667. The van der Waals surface area contributed by atoms with Gasteiger partial charge in [-0.15, -0.1) is 0 Å². The van der Waals surface area contributed by atoms with Crippen molar-refractivity contribution >= 4 is 5.91 Å². The molecule has 2 aliphatic heterocycles. The topological polar surface area (TPSA) is 73.0 Å². The molecule has 1 saturated heterocycles. The van der Waals surface area contributed by atoms with Crippen LogP contribution in [0.15, 0.2) is 6.33 Å². The van der Waals surface area contributed by atoms with E-state index in [1.165, 1.54) is 0 Å². The third kappa shape index (κ3) is 2.26. The Morgan fingerprint density at radius 3 is 3.28 bits per heavy atom. The lowest BCUT2D eigenvalue weighted by Crippen LogP contribution is -2.50. The Morgan fingerprint density at radius 2 is 2.50 bits per heavy atom. The first-order valence-electron chi connectivity index (χ1n) is 6.46. The summed E-state index contributed by atoms with van der Waals surface area (Å²) in [6.45, 7) is 2.71. The molecule has 6 nitrogen and oxygen atoms in total. The summed E-state index contributed by atoms with van der Waals surface area (Å²) < 4.78 is 0. The molecule has 2 atom stereocenters. The average molecular weight is 249 g/mol. The van der Waals surface area contributed by atoms with Crippen molar-refractivity contribution < 1.29 is 4.79 Å². The normalized spacial score (nSPS) is 28.1. The van der Waals surface area contributed by atoms with Gasteiger partial charge in [0.25, 0.3) is 0 Å². The first kappa shape index (κ1) is 11.7. The molecule has 1 aromatic heterocycles. The van der Waals surface area contributed by atoms with Gasteiger partial charge in [-0.2, -0.15) is 0 Å². The van der Waals surface area contributed by atoms with Crippen molar-refractivity contribution in [2.75, 3.05) is 20.1 Å². The number of nitrogens with one attached hydrogen (secondary N) is 3. The van der Waals surface area contributed by atoms with Gasteiger partial charge in [0.1, 0.15) is 0 Å². The molecule has 18 heavy (non-hydrogen) atoms. The highest BCUT2D eigenvalue weighted by Gasteiger charge is 2.28. The molecule has 2 aliphatic rings. The molecule has 3 rings (SSSR count). The lowest BCUT2D eigenvalue weighted by Gasteiger charge is -2.24. The fourth-order valence-electron chi connectivity index (χ4n) is 2.71. The van der Waals surface area contributed by atoms with Crippen LogP contribution in [0.25, 0.3) is 0 Å². The number of hydrogen-bond donors (Lipinski definition) is 3. The van der Waals surface area contributed by atoms with Crippen LogP contribution in [0.4, 0.5) is 0 Å². The number of likely N-dealkylation sites (N-methyl/N-ethyl adjacent to an activating group) is 1. The number of amides is 1. The molecule has 98 valence electrons. The Bertz CT molecular complexity index is 443.